The van der Waals surface area contributed by atoms with Crippen LogP contribution in [-0.2, 0) is 11.3 Å². The third kappa shape index (κ3) is 5.95. The van der Waals surface area contributed by atoms with Crippen molar-refractivity contribution >= 4 is 11.9 Å². The van der Waals surface area contributed by atoms with Gasteiger partial charge in [-0.2, -0.15) is 0 Å². The number of nitrogens with zero attached hydrogens (tertiary/aromatic N) is 1. The molecule has 3 amide bonds. The van der Waals surface area contributed by atoms with E-state index in [0.29, 0.717) is 13.1 Å². The lowest BCUT2D eigenvalue weighted by Gasteiger charge is -2.25. The first-order valence-electron chi connectivity index (χ1n) is 8.44. The molecule has 0 spiro atoms. The molecule has 0 saturated heterocycles. The number of nitrogens with one attached hydrogen (secondary N) is 2. The lowest BCUT2D eigenvalue weighted by Crippen LogP contribution is -2.38. The van der Waals surface area contributed by atoms with E-state index in [2.05, 4.69) is 10.6 Å². The standard InChI is InChI=1S/C20H25N3O2/c1-16(18-11-7-4-8-12-18)23(2)19(24)13-14-21-20(25)22-15-17-9-5-3-6-10-17/h3-12,16H,13-15H2,1-2H3,(H2,21,22,25)/t16-/m0/s1. The zero-order valence-corrected chi connectivity index (χ0v) is 14.7. The summed E-state index contributed by atoms with van der Waals surface area (Å²) in [6.45, 7) is 2.77. The van der Waals surface area contributed by atoms with Gasteiger partial charge in [0.15, 0.2) is 0 Å². The molecule has 2 aromatic carbocycles. The van der Waals surface area contributed by atoms with E-state index in [9.17, 15) is 9.59 Å². The van der Waals surface area contributed by atoms with Crippen LogP contribution >= 0.6 is 0 Å². The van der Waals surface area contributed by atoms with Gasteiger partial charge >= 0.3 is 6.03 Å². The Balaban J connectivity index is 1.69. The molecule has 0 aliphatic rings. The molecule has 132 valence electrons. The van der Waals surface area contributed by atoms with Crippen molar-refractivity contribution in [3.8, 4) is 0 Å². The molecular weight excluding hydrogens is 314 g/mol. The molecule has 0 saturated carbocycles. The molecule has 2 rings (SSSR count). The van der Waals surface area contributed by atoms with Crippen molar-refractivity contribution in [3.05, 3.63) is 71.8 Å². The molecule has 2 N–H and O–H groups in total. The molecule has 0 unspecified atom stereocenters. The molecular formula is C20H25N3O2. The minimum Gasteiger partial charge on any atom is -0.339 e. The van der Waals surface area contributed by atoms with Gasteiger partial charge in [0.2, 0.25) is 5.91 Å². The van der Waals surface area contributed by atoms with Gasteiger partial charge in [0, 0.05) is 26.6 Å². The highest BCUT2D eigenvalue weighted by atomic mass is 16.2. The largest absolute Gasteiger partial charge is 0.339 e. The summed E-state index contributed by atoms with van der Waals surface area (Å²) in [6.07, 6.45) is 0.270. The summed E-state index contributed by atoms with van der Waals surface area (Å²) in [5, 5.41) is 5.50. The van der Waals surface area contributed by atoms with Gasteiger partial charge in [-0.05, 0) is 18.1 Å². The molecule has 0 aromatic heterocycles. The van der Waals surface area contributed by atoms with Crippen LogP contribution in [0.25, 0.3) is 0 Å². The minimum atomic E-state index is -0.268. The number of rotatable bonds is 7. The predicted octanol–water partition coefficient (Wildman–Crippen LogP) is 3.10. The van der Waals surface area contributed by atoms with E-state index in [1.807, 2.05) is 67.6 Å². The van der Waals surface area contributed by atoms with Gasteiger partial charge in [0.05, 0.1) is 6.04 Å². The molecule has 5 heteroatoms. The fraction of sp³-hybridized carbons (Fsp3) is 0.300. The molecule has 25 heavy (non-hydrogen) atoms. The van der Waals surface area contributed by atoms with E-state index in [1.54, 1.807) is 11.9 Å². The SMILES string of the molecule is C[C@@H](c1ccccc1)N(C)C(=O)CCNC(=O)NCc1ccccc1. The number of hydrogen-bond donors (Lipinski definition) is 2. The molecule has 0 heterocycles. The van der Waals surface area contributed by atoms with Crippen molar-refractivity contribution in [2.24, 2.45) is 0 Å². The van der Waals surface area contributed by atoms with Gasteiger partial charge in [-0.25, -0.2) is 4.79 Å². The van der Waals surface area contributed by atoms with E-state index in [1.165, 1.54) is 0 Å². The van der Waals surface area contributed by atoms with Gasteiger partial charge in [0.1, 0.15) is 0 Å². The average molecular weight is 339 g/mol. The van der Waals surface area contributed by atoms with Gasteiger partial charge in [0.25, 0.3) is 0 Å². The maximum absolute atomic E-state index is 12.3. The first kappa shape index (κ1) is 18.5. The Morgan fingerprint density at radius 1 is 0.960 bits per heavy atom. The van der Waals surface area contributed by atoms with Crippen molar-refractivity contribution in [3.63, 3.8) is 0 Å². The Morgan fingerprint density at radius 3 is 2.20 bits per heavy atom. The fourth-order valence-corrected chi connectivity index (χ4v) is 2.47. The van der Waals surface area contributed by atoms with Crippen molar-refractivity contribution < 1.29 is 9.59 Å². The lowest BCUT2D eigenvalue weighted by molar-refractivity contribution is -0.131. The number of carbonyl (C=O) groups excluding carboxylic acids is 2. The third-order valence-corrected chi connectivity index (χ3v) is 4.18. The van der Waals surface area contributed by atoms with E-state index in [0.717, 1.165) is 11.1 Å². The highest BCUT2D eigenvalue weighted by molar-refractivity contribution is 5.78. The van der Waals surface area contributed by atoms with Crippen LogP contribution in [-0.4, -0.2) is 30.4 Å². The van der Waals surface area contributed by atoms with Crippen LogP contribution in [0.5, 0.6) is 0 Å². The summed E-state index contributed by atoms with van der Waals surface area (Å²) in [6, 6.07) is 19.3. The number of benzene rings is 2. The van der Waals surface area contributed by atoms with Gasteiger partial charge < -0.3 is 15.5 Å². The molecule has 0 fully saturated rings. The fourth-order valence-electron chi connectivity index (χ4n) is 2.47. The number of urea groups is 1. The zero-order valence-electron chi connectivity index (χ0n) is 14.7. The van der Waals surface area contributed by atoms with Gasteiger partial charge in [-0.1, -0.05) is 60.7 Å². The molecule has 0 bridgehead atoms. The summed E-state index contributed by atoms with van der Waals surface area (Å²) in [5.41, 5.74) is 2.12. The third-order valence-electron chi connectivity index (χ3n) is 4.18. The van der Waals surface area contributed by atoms with Gasteiger partial charge in [-0.15, -0.1) is 0 Å². The van der Waals surface area contributed by atoms with Crippen LogP contribution in [0.1, 0.15) is 30.5 Å². The van der Waals surface area contributed by atoms with Crippen LogP contribution < -0.4 is 10.6 Å². The smallest absolute Gasteiger partial charge is 0.315 e. The van der Waals surface area contributed by atoms with Crippen LogP contribution in [0, 0.1) is 0 Å². The monoisotopic (exact) mass is 339 g/mol. The Bertz CT molecular complexity index is 674. The highest BCUT2D eigenvalue weighted by Gasteiger charge is 2.16. The maximum Gasteiger partial charge on any atom is 0.315 e. The lowest BCUT2D eigenvalue weighted by atomic mass is 10.1. The first-order chi connectivity index (χ1) is 12.1. The van der Waals surface area contributed by atoms with Crippen molar-refractivity contribution in [1.82, 2.24) is 15.5 Å². The summed E-state index contributed by atoms with van der Waals surface area (Å²) in [4.78, 5) is 25.8. The second kappa shape index (κ2) is 9.47. The van der Waals surface area contributed by atoms with E-state index in [-0.39, 0.29) is 24.4 Å². The topological polar surface area (TPSA) is 61.4 Å². The van der Waals surface area contributed by atoms with E-state index in [4.69, 9.17) is 0 Å². The normalized spacial score (nSPS) is 11.4. The summed E-state index contributed by atoms with van der Waals surface area (Å²) in [7, 11) is 1.79. The predicted molar refractivity (Wildman–Crippen MR) is 98.9 cm³/mol. The number of amides is 3. The average Bonchev–Trinajstić information content (AvgIpc) is 2.66. The quantitative estimate of drug-likeness (QED) is 0.814. The van der Waals surface area contributed by atoms with Crippen molar-refractivity contribution in [2.75, 3.05) is 13.6 Å². The van der Waals surface area contributed by atoms with E-state index < -0.39 is 0 Å². The maximum atomic E-state index is 12.3. The van der Waals surface area contributed by atoms with Crippen LogP contribution in [0.15, 0.2) is 60.7 Å². The van der Waals surface area contributed by atoms with E-state index >= 15 is 0 Å². The van der Waals surface area contributed by atoms with Crippen LogP contribution in [0.2, 0.25) is 0 Å². The Hall–Kier alpha value is -2.82. The molecule has 5 nitrogen and oxygen atoms in total. The molecule has 0 aliphatic heterocycles. The minimum absolute atomic E-state index is 0.000266. The zero-order chi connectivity index (χ0) is 18.1. The Labute approximate surface area is 149 Å². The molecule has 2 aromatic rings. The highest BCUT2D eigenvalue weighted by Crippen LogP contribution is 2.18. The van der Waals surface area contributed by atoms with Crippen LogP contribution in [0.4, 0.5) is 4.79 Å². The first-order valence-corrected chi connectivity index (χ1v) is 8.44. The second-order valence-electron chi connectivity index (χ2n) is 5.94. The summed E-state index contributed by atoms with van der Waals surface area (Å²) >= 11 is 0. The molecule has 0 radical (unpaired) electrons. The van der Waals surface area contributed by atoms with Gasteiger partial charge in [-0.3, -0.25) is 4.79 Å². The van der Waals surface area contributed by atoms with Crippen LogP contribution in [0.3, 0.4) is 0 Å². The second-order valence-corrected chi connectivity index (χ2v) is 5.94. The summed E-state index contributed by atoms with van der Waals surface area (Å²) in [5.74, 6) is -0.000266. The summed E-state index contributed by atoms with van der Waals surface area (Å²) < 4.78 is 0. The number of carbonyl (C=O) groups is 2. The van der Waals surface area contributed by atoms with Crippen molar-refractivity contribution in [1.29, 1.82) is 0 Å². The Kier molecular flexibility index (Phi) is 7.01. The number of hydrogen-bond acceptors (Lipinski definition) is 2. The Morgan fingerprint density at radius 2 is 1.56 bits per heavy atom. The van der Waals surface area contributed by atoms with Crippen molar-refractivity contribution in [2.45, 2.75) is 25.9 Å². The molecule has 0 aliphatic carbocycles. The molecule has 1 atom stereocenters.